The van der Waals surface area contributed by atoms with Crippen LogP contribution in [0.15, 0.2) is 35.9 Å². The highest BCUT2D eigenvalue weighted by Gasteiger charge is 2.68. The van der Waals surface area contributed by atoms with Crippen LogP contribution in [-0.4, -0.2) is 60.9 Å². The standard InChI is InChI=1S/C42H60O7/c1-23-7-9-27(10-8-23)38-44-22-34-37(48-38)25(3)36(43)39(47-34)46-29-14-16-40(5)28(19-29)11-12-30-31(40)15-17-41(6)32(30)20-33-35(41)26(4)42(49-33)18-13-24(2)21-45-42/h7-11,24-26,29-39,43H,12-22H2,1-6H3/t24-,25-,26+,29+,30-,31+,32+,33+,34?,35+,36?,37+,38?,39-,40+,41+,42-/m1/s1. The van der Waals surface area contributed by atoms with Gasteiger partial charge in [-0.15, -0.1) is 0 Å². The molecular weight excluding hydrogens is 616 g/mol. The van der Waals surface area contributed by atoms with Crippen molar-refractivity contribution in [2.24, 2.45) is 52.3 Å². The predicted octanol–water partition coefficient (Wildman–Crippen LogP) is 7.88. The summed E-state index contributed by atoms with van der Waals surface area (Å²) in [7, 11) is 0. The van der Waals surface area contributed by atoms with Crippen LogP contribution in [0.25, 0.3) is 0 Å². The average Bonchev–Trinajstić information content (AvgIpc) is 3.54. The van der Waals surface area contributed by atoms with Crippen molar-refractivity contribution in [3.8, 4) is 0 Å². The van der Waals surface area contributed by atoms with E-state index in [9.17, 15) is 5.11 Å². The zero-order chi connectivity index (χ0) is 33.9. The Morgan fingerprint density at radius 3 is 2.49 bits per heavy atom. The van der Waals surface area contributed by atoms with Crippen molar-refractivity contribution >= 4 is 0 Å². The molecule has 17 atom stereocenters. The van der Waals surface area contributed by atoms with Gasteiger partial charge in [0.1, 0.15) is 12.2 Å². The number of hydrogen-bond acceptors (Lipinski definition) is 7. The molecule has 1 aromatic rings. The van der Waals surface area contributed by atoms with E-state index in [-0.39, 0.29) is 35.4 Å². The SMILES string of the molecule is Cc1ccc(C2OCC3O[C@@H](O[C@H]4CC[C@@]5(C)C(=CC[C@H]6[C@@H]7C[C@@H]8O[C@]9(CC[C@@H](C)CO9)[C@@H](C)[C@@H]8[C@@]7(C)CC[C@@H]65)C4)C(O)[C@@H](C)[C@@H]3O2)cc1. The number of aryl methyl sites for hydroxylation is 1. The highest BCUT2D eigenvalue weighted by Crippen LogP contribution is 2.70. The molecule has 4 aliphatic carbocycles. The van der Waals surface area contributed by atoms with Gasteiger partial charge in [-0.25, -0.2) is 0 Å². The first-order valence-electron chi connectivity index (χ1n) is 19.8. The smallest absolute Gasteiger partial charge is 0.184 e. The Bertz CT molecular complexity index is 1420. The summed E-state index contributed by atoms with van der Waals surface area (Å²) in [4.78, 5) is 0. The third-order valence-electron chi connectivity index (χ3n) is 15.7. The Morgan fingerprint density at radius 2 is 1.71 bits per heavy atom. The molecule has 4 heterocycles. The van der Waals surface area contributed by atoms with Gasteiger partial charge in [0.2, 0.25) is 0 Å². The second-order valence-electron chi connectivity index (χ2n) is 18.3. The van der Waals surface area contributed by atoms with Gasteiger partial charge >= 0.3 is 0 Å². The summed E-state index contributed by atoms with van der Waals surface area (Å²) in [6, 6.07) is 8.26. The fourth-order valence-electron chi connectivity index (χ4n) is 12.8. The molecular formula is C42H60O7. The molecule has 4 aliphatic heterocycles. The number of aliphatic hydroxyl groups excluding tert-OH is 1. The van der Waals surface area contributed by atoms with E-state index >= 15 is 0 Å². The topological polar surface area (TPSA) is 75.6 Å². The van der Waals surface area contributed by atoms with Crippen LogP contribution in [0.4, 0.5) is 0 Å². The maximum atomic E-state index is 11.4. The molecule has 270 valence electrons. The van der Waals surface area contributed by atoms with Gasteiger partial charge in [-0.05, 0) is 98.7 Å². The molecule has 0 aromatic heterocycles. The van der Waals surface area contributed by atoms with Crippen LogP contribution in [0, 0.1) is 59.2 Å². The number of allylic oxidation sites excluding steroid dienone is 1. The summed E-state index contributed by atoms with van der Waals surface area (Å²) in [6.45, 7) is 15.4. The lowest BCUT2D eigenvalue weighted by molar-refractivity contribution is -0.358. The lowest BCUT2D eigenvalue weighted by atomic mass is 9.47. The van der Waals surface area contributed by atoms with E-state index < -0.39 is 18.7 Å². The van der Waals surface area contributed by atoms with Gasteiger partial charge in [0.15, 0.2) is 18.4 Å². The Morgan fingerprint density at radius 1 is 0.898 bits per heavy atom. The van der Waals surface area contributed by atoms with Crippen LogP contribution >= 0.6 is 0 Å². The van der Waals surface area contributed by atoms with Crippen molar-refractivity contribution in [1.29, 1.82) is 0 Å². The summed E-state index contributed by atoms with van der Waals surface area (Å²) in [5, 5.41) is 11.4. The Hall–Kier alpha value is -1.32. The van der Waals surface area contributed by atoms with Gasteiger partial charge in [0.25, 0.3) is 0 Å². The van der Waals surface area contributed by atoms with Crippen LogP contribution in [-0.2, 0) is 28.4 Å². The molecule has 4 saturated heterocycles. The monoisotopic (exact) mass is 676 g/mol. The van der Waals surface area contributed by atoms with Crippen LogP contribution in [0.5, 0.6) is 0 Å². The van der Waals surface area contributed by atoms with E-state index in [2.05, 4.69) is 71.9 Å². The lowest BCUT2D eigenvalue weighted by Crippen LogP contribution is -2.59. The van der Waals surface area contributed by atoms with E-state index in [4.69, 9.17) is 28.4 Å². The predicted molar refractivity (Wildman–Crippen MR) is 185 cm³/mol. The summed E-state index contributed by atoms with van der Waals surface area (Å²) in [5.41, 5.74) is 4.34. The van der Waals surface area contributed by atoms with E-state index in [0.29, 0.717) is 35.9 Å². The Kier molecular flexibility index (Phi) is 8.28. The second-order valence-corrected chi connectivity index (χ2v) is 18.3. The zero-order valence-electron chi connectivity index (χ0n) is 30.6. The van der Waals surface area contributed by atoms with Gasteiger partial charge < -0.3 is 33.5 Å². The number of aliphatic hydroxyl groups is 1. The maximum absolute atomic E-state index is 11.4. The van der Waals surface area contributed by atoms with E-state index in [1.165, 1.54) is 37.7 Å². The molecule has 7 fully saturated rings. The van der Waals surface area contributed by atoms with Gasteiger partial charge in [0, 0.05) is 23.8 Å². The first kappa shape index (κ1) is 33.5. The minimum atomic E-state index is -0.750. The molecule has 0 radical (unpaired) electrons. The number of hydrogen-bond donors (Lipinski definition) is 1. The van der Waals surface area contributed by atoms with Crippen LogP contribution < -0.4 is 0 Å². The summed E-state index contributed by atoms with van der Waals surface area (Å²) in [6.07, 6.45) is 11.0. The van der Waals surface area contributed by atoms with Crippen molar-refractivity contribution in [2.75, 3.05) is 13.2 Å². The van der Waals surface area contributed by atoms with Gasteiger partial charge in [0.05, 0.1) is 31.5 Å². The van der Waals surface area contributed by atoms with Crippen molar-refractivity contribution in [3.05, 3.63) is 47.0 Å². The number of fused-ring (bicyclic) bond motifs is 8. The molecule has 49 heavy (non-hydrogen) atoms. The molecule has 8 aliphatic rings. The summed E-state index contributed by atoms with van der Waals surface area (Å²) in [5.74, 6) is 3.41. The minimum absolute atomic E-state index is 0.0494. The lowest BCUT2D eigenvalue weighted by Gasteiger charge is -2.58. The third-order valence-corrected chi connectivity index (χ3v) is 15.7. The fourth-order valence-corrected chi connectivity index (χ4v) is 12.8. The highest BCUT2D eigenvalue weighted by molar-refractivity contribution is 5.27. The number of rotatable bonds is 3. The molecule has 0 amide bonds. The molecule has 7 heteroatoms. The largest absolute Gasteiger partial charge is 0.387 e. The summed E-state index contributed by atoms with van der Waals surface area (Å²) < 4.78 is 39.2. The molecule has 3 saturated carbocycles. The van der Waals surface area contributed by atoms with E-state index in [0.717, 1.165) is 55.6 Å². The molecule has 3 unspecified atom stereocenters. The first-order chi connectivity index (χ1) is 23.5. The quantitative estimate of drug-likeness (QED) is 0.327. The Labute approximate surface area is 293 Å². The van der Waals surface area contributed by atoms with Crippen LogP contribution in [0.2, 0.25) is 0 Å². The average molecular weight is 677 g/mol. The summed E-state index contributed by atoms with van der Waals surface area (Å²) >= 11 is 0. The molecule has 7 nitrogen and oxygen atoms in total. The van der Waals surface area contributed by atoms with Crippen molar-refractivity contribution in [3.63, 3.8) is 0 Å². The van der Waals surface area contributed by atoms with Crippen LogP contribution in [0.1, 0.15) is 110 Å². The van der Waals surface area contributed by atoms with Gasteiger partial charge in [-0.3, -0.25) is 0 Å². The molecule has 9 rings (SSSR count). The molecule has 1 aromatic carbocycles. The number of ether oxygens (including phenoxy) is 6. The molecule has 1 N–H and O–H groups in total. The second kappa shape index (κ2) is 12.1. The van der Waals surface area contributed by atoms with Crippen molar-refractivity contribution in [2.45, 2.75) is 148 Å². The van der Waals surface area contributed by atoms with Gasteiger partial charge in [-0.1, -0.05) is 76.1 Å². The van der Waals surface area contributed by atoms with Crippen molar-refractivity contribution in [1.82, 2.24) is 0 Å². The van der Waals surface area contributed by atoms with Crippen molar-refractivity contribution < 1.29 is 33.5 Å². The molecule has 0 bridgehead atoms. The fraction of sp³-hybridized carbons (Fsp3) is 0.810. The Balaban J connectivity index is 0.852. The minimum Gasteiger partial charge on any atom is -0.387 e. The van der Waals surface area contributed by atoms with Crippen LogP contribution in [0.3, 0.4) is 0 Å². The van der Waals surface area contributed by atoms with E-state index in [1.54, 1.807) is 5.57 Å². The zero-order valence-corrected chi connectivity index (χ0v) is 30.6. The van der Waals surface area contributed by atoms with Gasteiger partial charge in [-0.2, -0.15) is 0 Å². The molecule has 1 spiro atoms. The first-order valence-corrected chi connectivity index (χ1v) is 19.8. The number of benzene rings is 1. The normalized spacial score (nSPS) is 53.6. The third kappa shape index (κ3) is 5.21. The maximum Gasteiger partial charge on any atom is 0.184 e. The van der Waals surface area contributed by atoms with E-state index in [1.807, 2.05) is 0 Å². The highest BCUT2D eigenvalue weighted by atomic mass is 16.8.